The molecule has 0 saturated carbocycles. The summed E-state index contributed by atoms with van der Waals surface area (Å²) in [6.45, 7) is 4.22. The molecule has 110 valence electrons. The van der Waals surface area contributed by atoms with Gasteiger partial charge in [0, 0.05) is 17.1 Å². The van der Waals surface area contributed by atoms with E-state index >= 15 is 0 Å². The van der Waals surface area contributed by atoms with Crippen LogP contribution in [0.25, 0.3) is 0 Å². The molecule has 0 aromatic heterocycles. The number of nitrogens with zero attached hydrogens (tertiary/aromatic N) is 1. The van der Waals surface area contributed by atoms with Gasteiger partial charge in [-0.05, 0) is 60.1 Å². The van der Waals surface area contributed by atoms with Gasteiger partial charge in [-0.15, -0.1) is 0 Å². The van der Waals surface area contributed by atoms with E-state index in [1.807, 2.05) is 12.1 Å². The lowest BCUT2D eigenvalue weighted by atomic mass is 9.94. The highest BCUT2D eigenvalue weighted by molar-refractivity contribution is 9.10. The second-order valence-electron chi connectivity index (χ2n) is 5.45. The Balaban J connectivity index is 2.08. The quantitative estimate of drug-likeness (QED) is 0.919. The maximum Gasteiger partial charge on any atom is 0.252 e. The van der Waals surface area contributed by atoms with Crippen LogP contribution in [0.2, 0.25) is 0 Å². The molecule has 1 saturated heterocycles. The highest BCUT2D eigenvalue weighted by atomic mass is 79.9. The zero-order chi connectivity index (χ0) is 14.7. The summed E-state index contributed by atoms with van der Waals surface area (Å²) in [6, 6.07) is 5.67. The summed E-state index contributed by atoms with van der Waals surface area (Å²) in [6.07, 6.45) is 0.991. The topological polar surface area (TPSA) is 41.6 Å². The van der Waals surface area contributed by atoms with Crippen LogP contribution < -0.4 is 10.1 Å². The van der Waals surface area contributed by atoms with Crippen molar-refractivity contribution in [3.05, 3.63) is 28.2 Å². The molecule has 1 aromatic rings. The Hall–Kier alpha value is -1.07. The van der Waals surface area contributed by atoms with Crippen molar-refractivity contribution in [2.75, 3.05) is 27.2 Å². The van der Waals surface area contributed by atoms with Gasteiger partial charge >= 0.3 is 0 Å². The van der Waals surface area contributed by atoms with Crippen LogP contribution in [0.4, 0.5) is 0 Å². The molecule has 5 heteroatoms. The summed E-state index contributed by atoms with van der Waals surface area (Å²) < 4.78 is 5.97. The molecule has 0 bridgehead atoms. The Morgan fingerprint density at radius 1 is 1.50 bits per heavy atom. The molecule has 4 nitrogen and oxygen atoms in total. The number of carbonyl (C=O) groups is 1. The van der Waals surface area contributed by atoms with Crippen molar-refractivity contribution >= 4 is 21.8 Å². The predicted octanol–water partition coefficient (Wildman–Crippen LogP) is 2.53. The molecular weight excluding hydrogens is 320 g/mol. The number of rotatable bonds is 3. The second kappa shape index (κ2) is 6.59. The van der Waals surface area contributed by atoms with Crippen LogP contribution in [-0.4, -0.2) is 44.1 Å². The first-order valence-electron chi connectivity index (χ1n) is 6.84. The molecule has 0 radical (unpaired) electrons. The van der Waals surface area contributed by atoms with Gasteiger partial charge in [0.25, 0.3) is 5.91 Å². The summed E-state index contributed by atoms with van der Waals surface area (Å²) in [7, 11) is 3.72. The number of halogens is 1. The molecule has 2 atom stereocenters. The van der Waals surface area contributed by atoms with Crippen molar-refractivity contribution in [1.29, 1.82) is 0 Å². The smallest absolute Gasteiger partial charge is 0.252 e. The van der Waals surface area contributed by atoms with Crippen LogP contribution in [0.15, 0.2) is 22.7 Å². The lowest BCUT2D eigenvalue weighted by Gasteiger charge is -2.35. The van der Waals surface area contributed by atoms with E-state index in [0.29, 0.717) is 17.2 Å². The fourth-order valence-electron chi connectivity index (χ4n) is 2.62. The number of amides is 1. The number of benzene rings is 1. The highest BCUT2D eigenvalue weighted by Gasteiger charge is 2.26. The third kappa shape index (κ3) is 3.52. The Morgan fingerprint density at radius 2 is 2.25 bits per heavy atom. The summed E-state index contributed by atoms with van der Waals surface area (Å²) in [5.41, 5.74) is 0.621. The molecule has 2 unspecified atom stereocenters. The first-order valence-corrected chi connectivity index (χ1v) is 7.63. The normalized spacial score (nSPS) is 23.4. The SMILES string of the molecule is COc1ccc(Br)c(C(=O)NC2CCN(C)CC2C)c1. The molecule has 1 aliphatic rings. The Kier molecular flexibility index (Phi) is 5.05. The third-order valence-corrected chi connectivity index (χ3v) is 4.53. The number of methoxy groups -OCH3 is 1. The Labute approximate surface area is 128 Å². The van der Waals surface area contributed by atoms with E-state index in [2.05, 4.69) is 40.1 Å². The fraction of sp³-hybridized carbons (Fsp3) is 0.533. The molecule has 20 heavy (non-hydrogen) atoms. The molecule has 1 fully saturated rings. The largest absolute Gasteiger partial charge is 0.497 e. The van der Waals surface area contributed by atoms with Crippen molar-refractivity contribution in [3.63, 3.8) is 0 Å². The fourth-order valence-corrected chi connectivity index (χ4v) is 3.05. The number of piperidine rings is 1. The molecule has 1 aliphatic heterocycles. The van der Waals surface area contributed by atoms with Crippen LogP contribution in [-0.2, 0) is 0 Å². The van der Waals surface area contributed by atoms with Gasteiger partial charge in [-0.1, -0.05) is 6.92 Å². The van der Waals surface area contributed by atoms with Crippen molar-refractivity contribution < 1.29 is 9.53 Å². The number of hydrogen-bond acceptors (Lipinski definition) is 3. The van der Waals surface area contributed by atoms with Crippen LogP contribution in [0.1, 0.15) is 23.7 Å². The maximum atomic E-state index is 12.4. The summed E-state index contributed by atoms with van der Waals surface area (Å²) in [5.74, 6) is 1.11. The van der Waals surface area contributed by atoms with Gasteiger partial charge in [0.15, 0.2) is 0 Å². The standard InChI is InChI=1S/C15H21BrN2O2/c1-10-9-18(2)7-6-14(10)17-15(19)12-8-11(20-3)4-5-13(12)16/h4-5,8,10,14H,6-7,9H2,1-3H3,(H,17,19). The Bertz CT molecular complexity index is 493. The zero-order valence-electron chi connectivity index (χ0n) is 12.1. The third-order valence-electron chi connectivity index (χ3n) is 3.84. The van der Waals surface area contributed by atoms with E-state index in [9.17, 15) is 4.79 Å². The molecule has 1 heterocycles. The van der Waals surface area contributed by atoms with Crippen molar-refractivity contribution in [2.24, 2.45) is 5.92 Å². The van der Waals surface area contributed by atoms with Crippen molar-refractivity contribution in [1.82, 2.24) is 10.2 Å². The van der Waals surface area contributed by atoms with Gasteiger partial charge in [-0.2, -0.15) is 0 Å². The molecule has 0 aliphatic carbocycles. The Morgan fingerprint density at radius 3 is 2.90 bits per heavy atom. The van der Waals surface area contributed by atoms with Gasteiger partial charge in [0.1, 0.15) is 5.75 Å². The molecule has 2 rings (SSSR count). The van der Waals surface area contributed by atoms with E-state index in [0.717, 1.165) is 24.0 Å². The highest BCUT2D eigenvalue weighted by Crippen LogP contribution is 2.23. The number of carbonyl (C=O) groups excluding carboxylic acids is 1. The maximum absolute atomic E-state index is 12.4. The lowest BCUT2D eigenvalue weighted by Crippen LogP contribution is -2.48. The molecule has 1 aromatic carbocycles. The summed E-state index contributed by atoms with van der Waals surface area (Å²) in [4.78, 5) is 14.7. The molecule has 1 N–H and O–H groups in total. The number of hydrogen-bond donors (Lipinski definition) is 1. The van der Waals surface area contributed by atoms with E-state index in [4.69, 9.17) is 4.74 Å². The van der Waals surface area contributed by atoms with Crippen LogP contribution >= 0.6 is 15.9 Å². The van der Waals surface area contributed by atoms with Gasteiger partial charge < -0.3 is 15.0 Å². The van der Waals surface area contributed by atoms with E-state index in [1.54, 1.807) is 13.2 Å². The lowest BCUT2D eigenvalue weighted by molar-refractivity contribution is 0.0882. The first-order chi connectivity index (χ1) is 9.51. The first kappa shape index (κ1) is 15.3. The van der Waals surface area contributed by atoms with Crippen molar-refractivity contribution in [2.45, 2.75) is 19.4 Å². The van der Waals surface area contributed by atoms with Crippen molar-refractivity contribution in [3.8, 4) is 5.75 Å². The average molecular weight is 341 g/mol. The minimum absolute atomic E-state index is 0.0443. The van der Waals surface area contributed by atoms with E-state index < -0.39 is 0 Å². The second-order valence-corrected chi connectivity index (χ2v) is 6.31. The van der Waals surface area contributed by atoms with Crippen LogP contribution in [0, 0.1) is 5.92 Å². The number of nitrogens with one attached hydrogen (secondary N) is 1. The number of ether oxygens (including phenoxy) is 1. The molecule has 0 spiro atoms. The minimum Gasteiger partial charge on any atom is -0.497 e. The van der Waals surface area contributed by atoms with E-state index in [-0.39, 0.29) is 11.9 Å². The summed E-state index contributed by atoms with van der Waals surface area (Å²) in [5, 5.41) is 3.15. The molecular formula is C15H21BrN2O2. The van der Waals surface area contributed by atoms with E-state index in [1.165, 1.54) is 0 Å². The van der Waals surface area contributed by atoms with Gasteiger partial charge in [-0.25, -0.2) is 0 Å². The monoisotopic (exact) mass is 340 g/mol. The van der Waals surface area contributed by atoms with Crippen LogP contribution in [0.5, 0.6) is 5.75 Å². The predicted molar refractivity (Wildman–Crippen MR) is 83.2 cm³/mol. The zero-order valence-corrected chi connectivity index (χ0v) is 13.7. The van der Waals surface area contributed by atoms with Gasteiger partial charge in [-0.3, -0.25) is 4.79 Å². The number of likely N-dealkylation sites (tertiary alicyclic amines) is 1. The van der Waals surface area contributed by atoms with Gasteiger partial charge in [0.2, 0.25) is 0 Å². The minimum atomic E-state index is -0.0443. The average Bonchev–Trinajstić information content (AvgIpc) is 2.42. The van der Waals surface area contributed by atoms with Crippen LogP contribution in [0.3, 0.4) is 0 Å². The molecule has 1 amide bonds. The summed E-state index contributed by atoms with van der Waals surface area (Å²) >= 11 is 3.43. The van der Waals surface area contributed by atoms with Gasteiger partial charge in [0.05, 0.1) is 12.7 Å².